The molecule has 2 aliphatic rings. The molecule has 4 nitrogen and oxygen atoms in total. The van der Waals surface area contributed by atoms with Crippen LogP contribution in [0.25, 0.3) is 0 Å². The fourth-order valence-electron chi connectivity index (χ4n) is 3.90. The molecular formula is C19H28N4. The molecule has 4 heteroatoms. The van der Waals surface area contributed by atoms with Gasteiger partial charge < -0.3 is 9.80 Å². The van der Waals surface area contributed by atoms with Gasteiger partial charge in [0.05, 0.1) is 11.3 Å². The molecule has 3 rings (SSSR count). The number of hydrogen-bond acceptors (Lipinski definition) is 4. The average Bonchev–Trinajstić information content (AvgIpc) is 2.61. The monoisotopic (exact) mass is 312 g/mol. The Kier molecular flexibility index (Phi) is 5.53. The zero-order valence-electron chi connectivity index (χ0n) is 14.2. The third-order valence-electron chi connectivity index (χ3n) is 5.44. The number of likely N-dealkylation sites (tertiary alicyclic amines) is 1. The van der Waals surface area contributed by atoms with E-state index in [0.29, 0.717) is 0 Å². The highest BCUT2D eigenvalue weighted by Crippen LogP contribution is 2.22. The van der Waals surface area contributed by atoms with Gasteiger partial charge in [-0.25, -0.2) is 0 Å². The van der Waals surface area contributed by atoms with Crippen molar-refractivity contribution in [2.24, 2.45) is 0 Å². The minimum Gasteiger partial charge on any atom is -0.368 e. The lowest BCUT2D eigenvalue weighted by Crippen LogP contribution is -2.48. The molecular weight excluding hydrogens is 284 g/mol. The molecule has 2 fully saturated rings. The number of rotatable bonds is 4. The van der Waals surface area contributed by atoms with E-state index in [4.69, 9.17) is 0 Å². The molecule has 0 spiro atoms. The maximum atomic E-state index is 9.26. The molecule has 2 aliphatic heterocycles. The molecule has 0 unspecified atom stereocenters. The second-order valence-corrected chi connectivity index (χ2v) is 6.88. The summed E-state index contributed by atoms with van der Waals surface area (Å²) in [6.45, 7) is 6.75. The SMILES string of the molecule is CN1CCCC[C@@H]1CCN1CCN(c2ccccc2C#N)CC1. The largest absolute Gasteiger partial charge is 0.368 e. The van der Waals surface area contributed by atoms with Gasteiger partial charge in [-0.2, -0.15) is 5.26 Å². The van der Waals surface area contributed by atoms with Gasteiger partial charge in [0.1, 0.15) is 6.07 Å². The van der Waals surface area contributed by atoms with Crippen LogP contribution in [0.4, 0.5) is 5.69 Å². The summed E-state index contributed by atoms with van der Waals surface area (Å²) in [4.78, 5) is 7.50. The first-order chi connectivity index (χ1) is 11.3. The van der Waals surface area contributed by atoms with Crippen LogP contribution in [0, 0.1) is 11.3 Å². The van der Waals surface area contributed by atoms with Gasteiger partial charge in [0.15, 0.2) is 0 Å². The van der Waals surface area contributed by atoms with Crippen LogP contribution in [0.3, 0.4) is 0 Å². The number of piperazine rings is 1. The third-order valence-corrected chi connectivity index (χ3v) is 5.44. The van der Waals surface area contributed by atoms with E-state index < -0.39 is 0 Å². The van der Waals surface area contributed by atoms with Crippen LogP contribution < -0.4 is 4.90 Å². The van der Waals surface area contributed by atoms with Gasteiger partial charge in [-0.05, 0) is 51.5 Å². The molecule has 23 heavy (non-hydrogen) atoms. The highest BCUT2D eigenvalue weighted by Gasteiger charge is 2.22. The number of para-hydroxylation sites is 1. The fraction of sp³-hybridized carbons (Fsp3) is 0.632. The molecule has 0 N–H and O–H groups in total. The van der Waals surface area contributed by atoms with E-state index in [0.717, 1.165) is 43.5 Å². The van der Waals surface area contributed by atoms with Crippen LogP contribution in [-0.2, 0) is 0 Å². The third kappa shape index (κ3) is 4.04. The standard InChI is InChI=1S/C19H28N4/c1-21-10-5-4-7-18(21)9-11-22-12-14-23(15-13-22)19-8-3-2-6-17(19)16-20/h2-3,6,8,18H,4-5,7,9-15H2,1H3/t18-/m1/s1. The lowest BCUT2D eigenvalue weighted by molar-refractivity contribution is 0.151. The molecule has 0 bridgehead atoms. The minimum absolute atomic E-state index is 0.779. The molecule has 0 saturated carbocycles. The lowest BCUT2D eigenvalue weighted by Gasteiger charge is -2.38. The quantitative estimate of drug-likeness (QED) is 0.855. The molecule has 124 valence electrons. The predicted octanol–water partition coefficient (Wildman–Crippen LogP) is 2.55. The van der Waals surface area contributed by atoms with Crippen molar-refractivity contribution in [2.45, 2.75) is 31.7 Å². The molecule has 2 heterocycles. The highest BCUT2D eigenvalue weighted by molar-refractivity contribution is 5.59. The van der Waals surface area contributed by atoms with Gasteiger partial charge in [-0.15, -0.1) is 0 Å². The van der Waals surface area contributed by atoms with E-state index in [-0.39, 0.29) is 0 Å². The summed E-state index contributed by atoms with van der Waals surface area (Å²) in [5.41, 5.74) is 1.89. The van der Waals surface area contributed by atoms with Gasteiger partial charge in [0, 0.05) is 32.2 Å². The highest BCUT2D eigenvalue weighted by atomic mass is 15.3. The van der Waals surface area contributed by atoms with Crippen molar-refractivity contribution in [3.8, 4) is 6.07 Å². The minimum atomic E-state index is 0.779. The van der Waals surface area contributed by atoms with Crippen LogP contribution in [0.5, 0.6) is 0 Å². The lowest BCUT2D eigenvalue weighted by atomic mass is 10.00. The van der Waals surface area contributed by atoms with Crippen molar-refractivity contribution in [3.05, 3.63) is 29.8 Å². The van der Waals surface area contributed by atoms with E-state index in [1.165, 1.54) is 38.8 Å². The van der Waals surface area contributed by atoms with Crippen LogP contribution in [0.2, 0.25) is 0 Å². The van der Waals surface area contributed by atoms with Crippen molar-refractivity contribution < 1.29 is 0 Å². The Morgan fingerprint density at radius 2 is 1.87 bits per heavy atom. The Bertz CT molecular complexity index is 543. The van der Waals surface area contributed by atoms with E-state index in [9.17, 15) is 5.26 Å². The predicted molar refractivity (Wildman–Crippen MR) is 94.7 cm³/mol. The summed E-state index contributed by atoms with van der Waals surface area (Å²) < 4.78 is 0. The maximum Gasteiger partial charge on any atom is 0.101 e. The first-order valence-corrected chi connectivity index (χ1v) is 8.94. The normalized spacial score (nSPS) is 23.7. The summed E-state index contributed by atoms with van der Waals surface area (Å²) in [5, 5.41) is 9.26. The van der Waals surface area contributed by atoms with Crippen molar-refractivity contribution in [3.63, 3.8) is 0 Å². The summed E-state index contributed by atoms with van der Waals surface area (Å²) in [7, 11) is 2.28. The number of nitrogens with zero attached hydrogens (tertiary/aromatic N) is 4. The topological polar surface area (TPSA) is 33.5 Å². The van der Waals surface area contributed by atoms with Crippen molar-refractivity contribution in [2.75, 3.05) is 51.2 Å². The molecule has 0 aliphatic carbocycles. The van der Waals surface area contributed by atoms with Crippen molar-refractivity contribution >= 4 is 5.69 Å². The van der Waals surface area contributed by atoms with Gasteiger partial charge in [0.2, 0.25) is 0 Å². The molecule has 1 aromatic rings. The van der Waals surface area contributed by atoms with Crippen LogP contribution in [-0.4, -0.2) is 62.2 Å². The van der Waals surface area contributed by atoms with E-state index in [2.05, 4.69) is 33.9 Å². The summed E-state index contributed by atoms with van der Waals surface area (Å²) >= 11 is 0. The van der Waals surface area contributed by atoms with Crippen LogP contribution >= 0.6 is 0 Å². The van der Waals surface area contributed by atoms with Crippen molar-refractivity contribution in [1.29, 1.82) is 5.26 Å². The molecule has 1 atom stereocenters. The molecule has 0 amide bonds. The van der Waals surface area contributed by atoms with Gasteiger partial charge >= 0.3 is 0 Å². The Balaban J connectivity index is 1.48. The zero-order valence-corrected chi connectivity index (χ0v) is 14.2. The van der Waals surface area contributed by atoms with Crippen LogP contribution in [0.1, 0.15) is 31.2 Å². The Hall–Kier alpha value is -1.57. The summed E-state index contributed by atoms with van der Waals surface area (Å²) in [5.74, 6) is 0. The second-order valence-electron chi connectivity index (χ2n) is 6.88. The maximum absolute atomic E-state index is 9.26. The second kappa shape index (κ2) is 7.81. The summed E-state index contributed by atoms with van der Waals surface area (Å²) in [6.07, 6.45) is 5.43. The number of piperidine rings is 1. The number of benzene rings is 1. The fourth-order valence-corrected chi connectivity index (χ4v) is 3.90. The van der Waals surface area contributed by atoms with Gasteiger partial charge in [-0.1, -0.05) is 18.6 Å². The van der Waals surface area contributed by atoms with Gasteiger partial charge in [-0.3, -0.25) is 4.90 Å². The molecule has 0 radical (unpaired) electrons. The Labute approximate surface area is 140 Å². The Morgan fingerprint density at radius 3 is 2.61 bits per heavy atom. The van der Waals surface area contributed by atoms with Crippen LogP contribution in [0.15, 0.2) is 24.3 Å². The summed E-state index contributed by atoms with van der Waals surface area (Å²) in [6, 6.07) is 11.1. The number of anilines is 1. The first-order valence-electron chi connectivity index (χ1n) is 8.94. The molecule has 2 saturated heterocycles. The smallest absolute Gasteiger partial charge is 0.101 e. The van der Waals surface area contributed by atoms with E-state index in [1.54, 1.807) is 0 Å². The molecule has 1 aromatic carbocycles. The van der Waals surface area contributed by atoms with Gasteiger partial charge in [0.25, 0.3) is 0 Å². The van der Waals surface area contributed by atoms with E-state index >= 15 is 0 Å². The zero-order chi connectivity index (χ0) is 16.1. The van der Waals surface area contributed by atoms with E-state index in [1.807, 2.05) is 18.2 Å². The number of nitriles is 1. The Morgan fingerprint density at radius 1 is 1.09 bits per heavy atom. The average molecular weight is 312 g/mol. The van der Waals surface area contributed by atoms with Crippen molar-refractivity contribution in [1.82, 2.24) is 9.80 Å². The first kappa shape index (κ1) is 16.3. The molecule has 0 aromatic heterocycles. The number of hydrogen-bond donors (Lipinski definition) is 0.